The van der Waals surface area contributed by atoms with E-state index in [1.54, 1.807) is 12.1 Å². The van der Waals surface area contributed by atoms with Crippen LogP contribution in [0.1, 0.15) is 43.4 Å². The first-order chi connectivity index (χ1) is 13.4. The number of nitrogens with zero attached hydrogens (tertiary/aromatic N) is 1. The zero-order valence-corrected chi connectivity index (χ0v) is 17.3. The molecule has 0 spiro atoms. The van der Waals surface area contributed by atoms with Crippen LogP contribution in [-0.4, -0.2) is 31.7 Å². The van der Waals surface area contributed by atoms with Gasteiger partial charge >= 0.3 is 0 Å². The standard InChI is InChI=1S/C22H28N2O3S/c1-3-21(18-7-5-4-6-8-18)23-22(25)19-13-15-24(16-14-19)28(26,27)20-11-9-17(2)10-12-20/h4-12,19,21H,3,13-16H2,1-2H3,(H,23,25). The van der Waals surface area contributed by atoms with Gasteiger partial charge in [0.2, 0.25) is 15.9 Å². The maximum Gasteiger partial charge on any atom is 0.243 e. The number of amides is 1. The average molecular weight is 401 g/mol. The van der Waals surface area contributed by atoms with E-state index in [1.165, 1.54) is 4.31 Å². The van der Waals surface area contributed by atoms with Gasteiger partial charge in [0, 0.05) is 19.0 Å². The predicted octanol–water partition coefficient (Wildman–Crippen LogP) is 3.66. The maximum atomic E-state index is 12.8. The van der Waals surface area contributed by atoms with E-state index in [1.807, 2.05) is 49.4 Å². The number of benzene rings is 2. The van der Waals surface area contributed by atoms with E-state index in [0.29, 0.717) is 30.8 Å². The van der Waals surface area contributed by atoms with Gasteiger partial charge < -0.3 is 5.32 Å². The Morgan fingerprint density at radius 2 is 1.68 bits per heavy atom. The highest BCUT2D eigenvalue weighted by Gasteiger charge is 2.32. The van der Waals surface area contributed by atoms with Gasteiger partial charge in [-0.3, -0.25) is 4.79 Å². The van der Waals surface area contributed by atoms with Crippen molar-refractivity contribution in [2.45, 2.75) is 44.0 Å². The molecule has 2 aromatic carbocycles. The highest BCUT2D eigenvalue weighted by Crippen LogP contribution is 2.25. The molecule has 1 amide bonds. The Hall–Kier alpha value is -2.18. The van der Waals surface area contributed by atoms with Crippen molar-refractivity contribution < 1.29 is 13.2 Å². The molecule has 1 aliphatic heterocycles. The zero-order chi connectivity index (χ0) is 20.1. The van der Waals surface area contributed by atoms with Crippen LogP contribution in [0, 0.1) is 12.8 Å². The summed E-state index contributed by atoms with van der Waals surface area (Å²) in [6.07, 6.45) is 1.90. The summed E-state index contributed by atoms with van der Waals surface area (Å²) in [5.74, 6) is -0.134. The predicted molar refractivity (Wildman–Crippen MR) is 110 cm³/mol. The number of carbonyl (C=O) groups excluding carboxylic acids is 1. The molecule has 5 nitrogen and oxygen atoms in total. The van der Waals surface area contributed by atoms with Gasteiger partial charge in [0.25, 0.3) is 0 Å². The largest absolute Gasteiger partial charge is 0.349 e. The van der Waals surface area contributed by atoms with Crippen molar-refractivity contribution in [1.82, 2.24) is 9.62 Å². The molecule has 0 aliphatic carbocycles. The number of rotatable bonds is 6. The van der Waals surface area contributed by atoms with Gasteiger partial charge in [-0.25, -0.2) is 8.42 Å². The van der Waals surface area contributed by atoms with Crippen molar-refractivity contribution in [3.05, 3.63) is 65.7 Å². The van der Waals surface area contributed by atoms with Crippen LogP contribution >= 0.6 is 0 Å². The molecule has 1 saturated heterocycles. The molecule has 6 heteroatoms. The third kappa shape index (κ3) is 4.62. The molecule has 150 valence electrons. The highest BCUT2D eigenvalue weighted by atomic mass is 32.2. The van der Waals surface area contributed by atoms with Gasteiger partial charge in [-0.1, -0.05) is 55.0 Å². The fourth-order valence-corrected chi connectivity index (χ4v) is 5.08. The Labute approximate surface area is 167 Å². The number of hydrogen-bond acceptors (Lipinski definition) is 3. The number of carbonyl (C=O) groups is 1. The number of aryl methyl sites for hydroxylation is 1. The SMILES string of the molecule is CCC(NC(=O)C1CCN(S(=O)(=O)c2ccc(C)cc2)CC1)c1ccccc1. The summed E-state index contributed by atoms with van der Waals surface area (Å²) in [4.78, 5) is 13.0. The molecule has 28 heavy (non-hydrogen) atoms. The van der Waals surface area contributed by atoms with Crippen molar-refractivity contribution in [3.63, 3.8) is 0 Å². The Balaban J connectivity index is 1.60. The van der Waals surface area contributed by atoms with E-state index in [4.69, 9.17) is 0 Å². The molecule has 1 N–H and O–H groups in total. The van der Waals surface area contributed by atoms with Crippen LogP contribution in [0.15, 0.2) is 59.5 Å². The number of sulfonamides is 1. The molecule has 1 fully saturated rings. The normalized spacial score (nSPS) is 17.2. The lowest BCUT2D eigenvalue weighted by Gasteiger charge is -2.31. The lowest BCUT2D eigenvalue weighted by atomic mass is 9.96. The smallest absolute Gasteiger partial charge is 0.243 e. The van der Waals surface area contributed by atoms with Crippen LogP contribution in [0.2, 0.25) is 0 Å². The number of hydrogen-bond donors (Lipinski definition) is 1. The second-order valence-corrected chi connectivity index (χ2v) is 9.31. The van der Waals surface area contributed by atoms with Crippen LogP contribution < -0.4 is 5.32 Å². The first-order valence-electron chi connectivity index (χ1n) is 9.84. The molecule has 0 radical (unpaired) electrons. The molecule has 1 heterocycles. The Morgan fingerprint density at radius 3 is 2.25 bits per heavy atom. The maximum absolute atomic E-state index is 12.8. The summed E-state index contributed by atoms with van der Waals surface area (Å²) in [5, 5.41) is 3.14. The van der Waals surface area contributed by atoms with Crippen LogP contribution in [0.25, 0.3) is 0 Å². The third-order valence-electron chi connectivity index (χ3n) is 5.41. The van der Waals surface area contributed by atoms with Gasteiger partial charge in [-0.05, 0) is 43.9 Å². The highest BCUT2D eigenvalue weighted by molar-refractivity contribution is 7.89. The van der Waals surface area contributed by atoms with Gasteiger partial charge in [0.05, 0.1) is 10.9 Å². The van der Waals surface area contributed by atoms with Gasteiger partial charge in [0.15, 0.2) is 0 Å². The molecule has 0 bridgehead atoms. The molecule has 1 unspecified atom stereocenters. The van der Waals surface area contributed by atoms with Crippen molar-refractivity contribution in [2.24, 2.45) is 5.92 Å². The second-order valence-electron chi connectivity index (χ2n) is 7.37. The van der Waals surface area contributed by atoms with E-state index < -0.39 is 10.0 Å². The molecule has 2 aromatic rings. The Morgan fingerprint density at radius 1 is 1.07 bits per heavy atom. The minimum Gasteiger partial charge on any atom is -0.349 e. The summed E-state index contributed by atoms with van der Waals surface area (Å²) in [6, 6.07) is 16.8. The van der Waals surface area contributed by atoms with E-state index in [0.717, 1.165) is 17.5 Å². The molecule has 1 aliphatic rings. The molecule has 3 rings (SSSR count). The fraction of sp³-hybridized carbons (Fsp3) is 0.409. The van der Waals surface area contributed by atoms with Gasteiger partial charge in [-0.15, -0.1) is 0 Å². The van der Waals surface area contributed by atoms with Crippen LogP contribution in [0.5, 0.6) is 0 Å². The fourth-order valence-electron chi connectivity index (χ4n) is 3.61. The Bertz CT molecular complexity index is 887. The Kier molecular flexibility index (Phi) is 6.52. The van der Waals surface area contributed by atoms with Crippen LogP contribution in [0.4, 0.5) is 0 Å². The molecule has 0 saturated carbocycles. The summed E-state index contributed by atoms with van der Waals surface area (Å²) < 4.78 is 27.1. The zero-order valence-electron chi connectivity index (χ0n) is 16.5. The van der Waals surface area contributed by atoms with E-state index in [-0.39, 0.29) is 17.9 Å². The summed E-state index contributed by atoms with van der Waals surface area (Å²) in [6.45, 7) is 4.72. The minimum atomic E-state index is -3.50. The average Bonchev–Trinajstić information content (AvgIpc) is 2.73. The lowest BCUT2D eigenvalue weighted by Crippen LogP contribution is -2.43. The first-order valence-corrected chi connectivity index (χ1v) is 11.3. The molecular weight excluding hydrogens is 372 g/mol. The van der Waals surface area contributed by atoms with Gasteiger partial charge in [0.1, 0.15) is 0 Å². The number of piperidine rings is 1. The lowest BCUT2D eigenvalue weighted by molar-refractivity contribution is -0.126. The molecule has 0 aromatic heterocycles. The number of nitrogens with one attached hydrogen (secondary N) is 1. The summed E-state index contributed by atoms with van der Waals surface area (Å²) in [7, 11) is -3.50. The van der Waals surface area contributed by atoms with Crippen LogP contribution in [-0.2, 0) is 14.8 Å². The van der Waals surface area contributed by atoms with E-state index in [9.17, 15) is 13.2 Å². The van der Waals surface area contributed by atoms with Crippen molar-refractivity contribution in [3.8, 4) is 0 Å². The van der Waals surface area contributed by atoms with Gasteiger partial charge in [-0.2, -0.15) is 4.31 Å². The first kappa shape index (κ1) is 20.6. The third-order valence-corrected chi connectivity index (χ3v) is 7.32. The van der Waals surface area contributed by atoms with E-state index in [2.05, 4.69) is 12.2 Å². The van der Waals surface area contributed by atoms with Crippen molar-refractivity contribution >= 4 is 15.9 Å². The van der Waals surface area contributed by atoms with Crippen LogP contribution in [0.3, 0.4) is 0 Å². The second kappa shape index (κ2) is 8.88. The molecule has 1 atom stereocenters. The van der Waals surface area contributed by atoms with Crippen molar-refractivity contribution in [1.29, 1.82) is 0 Å². The van der Waals surface area contributed by atoms with Crippen molar-refractivity contribution in [2.75, 3.05) is 13.1 Å². The monoisotopic (exact) mass is 400 g/mol. The topological polar surface area (TPSA) is 66.5 Å². The summed E-state index contributed by atoms with van der Waals surface area (Å²) in [5.41, 5.74) is 2.12. The molecular formula is C22H28N2O3S. The summed E-state index contributed by atoms with van der Waals surface area (Å²) >= 11 is 0. The minimum absolute atomic E-state index is 0.0111. The van der Waals surface area contributed by atoms with E-state index >= 15 is 0 Å². The quantitative estimate of drug-likeness (QED) is 0.805.